The quantitative estimate of drug-likeness (QED) is 0.812. The molecule has 0 radical (unpaired) electrons. The molecule has 2 rings (SSSR count). The lowest BCUT2D eigenvalue weighted by molar-refractivity contribution is 0.102. The van der Waals surface area contributed by atoms with Crippen LogP contribution in [0.1, 0.15) is 15.9 Å². The molecule has 2 aromatic carbocycles. The van der Waals surface area contributed by atoms with Crippen LogP contribution in [0.3, 0.4) is 0 Å². The molecule has 0 bridgehead atoms. The summed E-state index contributed by atoms with van der Waals surface area (Å²) in [6.07, 6.45) is 0. The van der Waals surface area contributed by atoms with E-state index in [1.165, 1.54) is 12.1 Å². The topological polar surface area (TPSA) is 63.2 Å². The molecule has 0 aliphatic rings. The lowest BCUT2D eigenvalue weighted by Gasteiger charge is -2.11. The normalized spacial score (nSPS) is 11.5. The summed E-state index contributed by atoms with van der Waals surface area (Å²) in [5.41, 5.74) is 1.67. The van der Waals surface area contributed by atoms with E-state index in [0.717, 1.165) is 5.56 Å². The number of anilines is 1. The Morgan fingerprint density at radius 3 is 2.39 bits per heavy atom. The first-order chi connectivity index (χ1) is 10.8. The highest BCUT2D eigenvalue weighted by Crippen LogP contribution is 2.23. The molecule has 1 N–H and O–H groups in total. The maximum atomic E-state index is 12.2. The Morgan fingerprint density at radius 2 is 1.78 bits per heavy atom. The van der Waals surface area contributed by atoms with Gasteiger partial charge in [0.15, 0.2) is 9.84 Å². The van der Waals surface area contributed by atoms with E-state index in [1.54, 1.807) is 37.3 Å². The van der Waals surface area contributed by atoms with Crippen LogP contribution in [0, 0.1) is 6.92 Å². The summed E-state index contributed by atoms with van der Waals surface area (Å²) in [4.78, 5) is 11.3. The molecular weight excluding hydrogens is 357 g/mol. The van der Waals surface area contributed by atoms with Crippen LogP contribution < -0.4 is 5.32 Å². The Morgan fingerprint density at radius 1 is 1.13 bits per heavy atom. The number of carbonyl (C=O) groups is 1. The number of carbonyl (C=O) groups excluding carboxylic acids is 1. The monoisotopic (exact) mass is 371 g/mol. The van der Waals surface area contributed by atoms with Crippen molar-refractivity contribution in [3.63, 3.8) is 0 Å². The zero-order chi connectivity index (χ0) is 17.0. The molecule has 0 atom stereocenters. The molecule has 7 heteroatoms. The first-order valence-electron chi connectivity index (χ1n) is 6.77. The minimum absolute atomic E-state index is 0.0674. The third-order valence-electron chi connectivity index (χ3n) is 3.20. The molecule has 0 aliphatic carbocycles. The first-order valence-corrected chi connectivity index (χ1v) is 9.30. The van der Waals surface area contributed by atoms with E-state index in [4.69, 9.17) is 23.2 Å². The Kier molecular flexibility index (Phi) is 5.68. The van der Waals surface area contributed by atoms with Gasteiger partial charge >= 0.3 is 0 Å². The second kappa shape index (κ2) is 7.34. The molecule has 0 saturated heterocycles. The summed E-state index contributed by atoms with van der Waals surface area (Å²) in [5.74, 6) is -0.693. The standard InChI is InChI=1S/C16H15Cl2NO3S/c1-11-7-8-13(23(21,22)10-15(17)18)9-14(11)19-16(20)12-5-3-2-4-6-12/h2-9,15H,10H2,1H3,(H,19,20). The fraction of sp³-hybridized carbons (Fsp3) is 0.188. The van der Waals surface area contributed by atoms with Crippen molar-refractivity contribution in [2.45, 2.75) is 16.7 Å². The molecule has 0 fully saturated rings. The molecule has 0 spiro atoms. The van der Waals surface area contributed by atoms with E-state index >= 15 is 0 Å². The van der Waals surface area contributed by atoms with Gasteiger partial charge in [-0.15, -0.1) is 23.2 Å². The highest BCUT2D eigenvalue weighted by molar-refractivity contribution is 7.91. The van der Waals surface area contributed by atoms with Gasteiger partial charge in [-0.3, -0.25) is 4.79 Å². The zero-order valence-corrected chi connectivity index (χ0v) is 14.6. The number of nitrogens with one attached hydrogen (secondary N) is 1. The van der Waals surface area contributed by atoms with Gasteiger partial charge in [-0.1, -0.05) is 24.3 Å². The summed E-state index contributed by atoms with van der Waals surface area (Å²) >= 11 is 11.1. The predicted octanol–water partition coefficient (Wildman–Crippen LogP) is 3.82. The summed E-state index contributed by atoms with van der Waals surface area (Å²) in [6.45, 7) is 1.78. The number of hydrogen-bond donors (Lipinski definition) is 1. The minimum Gasteiger partial charge on any atom is -0.322 e. The lowest BCUT2D eigenvalue weighted by atomic mass is 10.1. The Hall–Kier alpha value is -1.56. The van der Waals surface area contributed by atoms with Gasteiger partial charge in [0.2, 0.25) is 0 Å². The number of sulfone groups is 1. The van der Waals surface area contributed by atoms with E-state index in [0.29, 0.717) is 11.3 Å². The minimum atomic E-state index is -3.61. The van der Waals surface area contributed by atoms with Crippen LogP contribution in [0.25, 0.3) is 0 Å². The molecule has 0 saturated carbocycles. The van der Waals surface area contributed by atoms with Gasteiger partial charge in [0.25, 0.3) is 5.91 Å². The first kappa shape index (κ1) is 17.8. The number of aryl methyl sites for hydroxylation is 1. The highest BCUT2D eigenvalue weighted by Gasteiger charge is 2.20. The van der Waals surface area contributed by atoms with Gasteiger partial charge in [0, 0.05) is 11.3 Å². The van der Waals surface area contributed by atoms with Crippen molar-refractivity contribution in [1.82, 2.24) is 0 Å². The highest BCUT2D eigenvalue weighted by atomic mass is 35.5. The molecular formula is C16H15Cl2NO3S. The number of benzene rings is 2. The van der Waals surface area contributed by atoms with Crippen LogP contribution in [0.15, 0.2) is 53.4 Å². The SMILES string of the molecule is Cc1ccc(S(=O)(=O)CC(Cl)Cl)cc1NC(=O)c1ccccc1. The molecule has 4 nitrogen and oxygen atoms in total. The number of amides is 1. The van der Waals surface area contributed by atoms with E-state index in [-0.39, 0.29) is 16.6 Å². The van der Waals surface area contributed by atoms with Crippen molar-refractivity contribution in [2.24, 2.45) is 0 Å². The van der Waals surface area contributed by atoms with Gasteiger partial charge in [-0.05, 0) is 36.8 Å². The predicted molar refractivity (Wildman–Crippen MR) is 93.1 cm³/mol. The summed E-state index contributed by atoms with van der Waals surface area (Å²) < 4.78 is 24.4. The van der Waals surface area contributed by atoms with E-state index < -0.39 is 14.7 Å². The van der Waals surface area contributed by atoms with E-state index in [1.807, 2.05) is 6.07 Å². The number of alkyl halides is 2. The molecule has 2 aromatic rings. The van der Waals surface area contributed by atoms with Crippen LogP contribution in [0.2, 0.25) is 0 Å². The van der Waals surface area contributed by atoms with Crippen molar-refractivity contribution in [3.05, 3.63) is 59.7 Å². The number of hydrogen-bond acceptors (Lipinski definition) is 3. The Bertz CT molecular complexity index is 805. The molecule has 0 heterocycles. The van der Waals surface area contributed by atoms with Crippen LogP contribution in [0.5, 0.6) is 0 Å². The molecule has 23 heavy (non-hydrogen) atoms. The van der Waals surface area contributed by atoms with Crippen molar-refractivity contribution < 1.29 is 13.2 Å². The van der Waals surface area contributed by atoms with Crippen LogP contribution in [-0.4, -0.2) is 24.9 Å². The second-order valence-electron chi connectivity index (χ2n) is 4.97. The average Bonchev–Trinajstić information content (AvgIpc) is 2.49. The largest absolute Gasteiger partial charge is 0.322 e. The molecule has 0 aliphatic heterocycles. The third kappa shape index (κ3) is 4.70. The van der Waals surface area contributed by atoms with Gasteiger partial charge in [0.05, 0.1) is 10.6 Å². The van der Waals surface area contributed by atoms with Gasteiger partial charge in [0.1, 0.15) is 4.84 Å². The van der Waals surface area contributed by atoms with Gasteiger partial charge < -0.3 is 5.32 Å². The van der Waals surface area contributed by atoms with Crippen molar-refractivity contribution in [3.8, 4) is 0 Å². The van der Waals surface area contributed by atoms with Crippen LogP contribution >= 0.6 is 23.2 Å². The smallest absolute Gasteiger partial charge is 0.255 e. The van der Waals surface area contributed by atoms with Crippen molar-refractivity contribution in [2.75, 3.05) is 11.1 Å². The second-order valence-corrected chi connectivity index (χ2v) is 8.28. The summed E-state index contributed by atoms with van der Waals surface area (Å²) in [7, 11) is -3.61. The third-order valence-corrected chi connectivity index (χ3v) is 5.62. The fourth-order valence-corrected chi connectivity index (χ4v) is 4.07. The van der Waals surface area contributed by atoms with E-state index in [9.17, 15) is 13.2 Å². The zero-order valence-electron chi connectivity index (χ0n) is 12.3. The van der Waals surface area contributed by atoms with Gasteiger partial charge in [-0.25, -0.2) is 8.42 Å². The van der Waals surface area contributed by atoms with Crippen LogP contribution in [-0.2, 0) is 9.84 Å². The Labute approximate surface area is 145 Å². The van der Waals surface area contributed by atoms with Crippen molar-refractivity contribution in [1.29, 1.82) is 0 Å². The number of rotatable bonds is 5. The number of halogens is 2. The molecule has 1 amide bonds. The fourth-order valence-electron chi connectivity index (χ4n) is 1.98. The molecule has 0 aromatic heterocycles. The maximum Gasteiger partial charge on any atom is 0.255 e. The molecule has 0 unspecified atom stereocenters. The van der Waals surface area contributed by atoms with Gasteiger partial charge in [-0.2, -0.15) is 0 Å². The maximum absolute atomic E-state index is 12.2. The van der Waals surface area contributed by atoms with E-state index in [2.05, 4.69) is 5.32 Å². The Balaban J connectivity index is 2.30. The molecule has 122 valence electrons. The average molecular weight is 372 g/mol. The van der Waals surface area contributed by atoms with Crippen molar-refractivity contribution >= 4 is 44.6 Å². The summed E-state index contributed by atoms with van der Waals surface area (Å²) in [6, 6.07) is 13.2. The van der Waals surface area contributed by atoms with Crippen LogP contribution in [0.4, 0.5) is 5.69 Å². The summed E-state index contributed by atoms with van der Waals surface area (Å²) in [5, 5.41) is 2.72. The lowest BCUT2D eigenvalue weighted by Crippen LogP contribution is -2.15.